The zero-order valence-electron chi connectivity index (χ0n) is 20.7. The van der Waals surface area contributed by atoms with E-state index in [4.69, 9.17) is 16.9 Å². The molecule has 36 heavy (non-hydrogen) atoms. The number of piperidine rings is 1. The van der Waals surface area contributed by atoms with Crippen LogP contribution in [-0.4, -0.2) is 74.4 Å². The van der Waals surface area contributed by atoms with Crippen LogP contribution in [0.4, 0.5) is 10.5 Å². The van der Waals surface area contributed by atoms with E-state index in [2.05, 4.69) is 29.2 Å². The molecule has 2 unspecified atom stereocenters. The summed E-state index contributed by atoms with van der Waals surface area (Å²) in [7, 11) is -3.49. The zero-order valence-corrected chi connectivity index (χ0v) is 21.5. The SMILES string of the molecule is CS(=O)(=O)C(N)C1CN(CC2CCN(Cc3ccccc3)CC2)C(=O)N(c2cccc(C(=N)N)c2)C1. The Morgan fingerprint density at radius 3 is 2.42 bits per heavy atom. The number of carbonyl (C=O) groups is 1. The third-order valence-corrected chi connectivity index (χ3v) is 8.61. The maximum atomic E-state index is 13.6. The van der Waals surface area contributed by atoms with E-state index < -0.39 is 21.1 Å². The summed E-state index contributed by atoms with van der Waals surface area (Å²) in [6, 6.07) is 17.2. The van der Waals surface area contributed by atoms with Crippen molar-refractivity contribution in [3.63, 3.8) is 0 Å². The maximum absolute atomic E-state index is 13.6. The van der Waals surface area contributed by atoms with E-state index in [0.29, 0.717) is 30.3 Å². The van der Waals surface area contributed by atoms with Gasteiger partial charge in [-0.2, -0.15) is 0 Å². The second kappa shape index (κ2) is 11.0. The van der Waals surface area contributed by atoms with Gasteiger partial charge in [0.1, 0.15) is 11.2 Å². The van der Waals surface area contributed by atoms with Crippen LogP contribution in [0, 0.1) is 17.2 Å². The second-order valence-electron chi connectivity index (χ2n) is 10.0. The average Bonchev–Trinajstić information content (AvgIpc) is 2.86. The number of nitrogens with two attached hydrogens (primary N) is 2. The van der Waals surface area contributed by atoms with Gasteiger partial charge in [-0.25, -0.2) is 13.2 Å². The van der Waals surface area contributed by atoms with Gasteiger partial charge < -0.3 is 16.4 Å². The summed E-state index contributed by atoms with van der Waals surface area (Å²) in [5, 5.41) is 6.67. The molecule has 2 aromatic carbocycles. The third-order valence-electron chi connectivity index (χ3n) is 7.24. The highest BCUT2D eigenvalue weighted by Gasteiger charge is 2.39. The number of carbonyl (C=O) groups excluding carboxylic acids is 1. The lowest BCUT2D eigenvalue weighted by atomic mass is 9.94. The number of urea groups is 1. The summed E-state index contributed by atoms with van der Waals surface area (Å²) in [6.07, 6.45) is 3.08. The molecule has 2 aliphatic heterocycles. The van der Waals surface area contributed by atoms with Crippen LogP contribution in [0.15, 0.2) is 54.6 Å². The maximum Gasteiger partial charge on any atom is 0.324 e. The first kappa shape index (κ1) is 26.1. The molecule has 2 fully saturated rings. The Labute approximate surface area is 213 Å². The molecule has 2 aliphatic rings. The Morgan fingerprint density at radius 2 is 1.78 bits per heavy atom. The molecule has 2 aromatic rings. The second-order valence-corrected chi connectivity index (χ2v) is 12.2. The van der Waals surface area contributed by atoms with Crippen molar-refractivity contribution in [1.29, 1.82) is 5.41 Å². The summed E-state index contributed by atoms with van der Waals surface area (Å²) in [6.45, 7) is 3.90. The quantitative estimate of drug-likeness (QED) is 0.366. The number of benzene rings is 2. The minimum Gasteiger partial charge on any atom is -0.384 e. The number of likely N-dealkylation sites (tertiary alicyclic amines) is 1. The molecule has 0 bridgehead atoms. The van der Waals surface area contributed by atoms with Crippen molar-refractivity contribution in [3.8, 4) is 0 Å². The summed E-state index contributed by atoms with van der Waals surface area (Å²) < 4.78 is 24.6. The number of hydrogen-bond acceptors (Lipinski definition) is 6. The minimum absolute atomic E-state index is 0.0928. The molecule has 0 saturated carbocycles. The normalized spacial score (nSPS) is 20.9. The highest BCUT2D eigenvalue weighted by atomic mass is 32.2. The van der Waals surface area contributed by atoms with E-state index in [9.17, 15) is 13.2 Å². The van der Waals surface area contributed by atoms with Gasteiger partial charge in [0.25, 0.3) is 0 Å². The highest BCUT2D eigenvalue weighted by molar-refractivity contribution is 7.91. The topological polar surface area (TPSA) is 137 Å². The summed E-state index contributed by atoms with van der Waals surface area (Å²) in [5.41, 5.74) is 14.2. The van der Waals surface area contributed by atoms with E-state index in [1.54, 1.807) is 34.1 Å². The fourth-order valence-corrected chi connectivity index (χ4v) is 6.02. The van der Waals surface area contributed by atoms with E-state index in [1.165, 1.54) is 5.56 Å². The number of amides is 2. The number of nitrogens with zero attached hydrogens (tertiary/aromatic N) is 3. The van der Waals surface area contributed by atoms with Gasteiger partial charge in [0.05, 0.1) is 0 Å². The van der Waals surface area contributed by atoms with Crippen LogP contribution in [0.2, 0.25) is 0 Å². The molecule has 0 aliphatic carbocycles. The number of rotatable bonds is 8. The predicted molar refractivity (Wildman–Crippen MR) is 143 cm³/mol. The molecular formula is C26H36N6O3S. The minimum atomic E-state index is -3.49. The molecule has 2 saturated heterocycles. The Balaban J connectivity index is 1.47. The molecule has 5 N–H and O–H groups in total. The number of sulfone groups is 1. The Kier molecular flexibility index (Phi) is 7.97. The van der Waals surface area contributed by atoms with Gasteiger partial charge in [-0.1, -0.05) is 42.5 Å². The average molecular weight is 513 g/mol. The number of anilines is 1. The summed E-state index contributed by atoms with van der Waals surface area (Å²) in [5.74, 6) is -0.193. The van der Waals surface area contributed by atoms with Crippen molar-refractivity contribution in [2.45, 2.75) is 24.8 Å². The lowest BCUT2D eigenvalue weighted by molar-refractivity contribution is 0.129. The zero-order chi connectivity index (χ0) is 25.9. The highest BCUT2D eigenvalue weighted by Crippen LogP contribution is 2.28. The van der Waals surface area contributed by atoms with Crippen molar-refractivity contribution < 1.29 is 13.2 Å². The van der Waals surface area contributed by atoms with Crippen LogP contribution >= 0.6 is 0 Å². The fourth-order valence-electron chi connectivity index (χ4n) is 5.15. The molecule has 10 heteroatoms. The lowest BCUT2D eigenvalue weighted by Gasteiger charge is -2.43. The van der Waals surface area contributed by atoms with Gasteiger partial charge >= 0.3 is 6.03 Å². The first-order chi connectivity index (χ1) is 17.1. The number of amidine groups is 1. The summed E-state index contributed by atoms with van der Waals surface area (Å²) in [4.78, 5) is 19.3. The van der Waals surface area contributed by atoms with Gasteiger partial charge in [-0.05, 0) is 49.5 Å². The largest absolute Gasteiger partial charge is 0.384 e. The molecule has 194 valence electrons. The van der Waals surface area contributed by atoms with Crippen LogP contribution in [0.5, 0.6) is 0 Å². The Bertz CT molecular complexity index is 1180. The van der Waals surface area contributed by atoms with Crippen molar-refractivity contribution in [1.82, 2.24) is 9.80 Å². The number of nitrogens with one attached hydrogen (secondary N) is 1. The van der Waals surface area contributed by atoms with Crippen LogP contribution in [0.1, 0.15) is 24.0 Å². The van der Waals surface area contributed by atoms with E-state index in [-0.39, 0.29) is 18.4 Å². The first-order valence-electron chi connectivity index (χ1n) is 12.3. The molecule has 2 heterocycles. The van der Waals surface area contributed by atoms with Crippen molar-refractivity contribution in [2.75, 3.05) is 43.9 Å². The molecule has 2 atom stereocenters. The molecule has 0 radical (unpaired) electrons. The van der Waals surface area contributed by atoms with Crippen LogP contribution < -0.4 is 16.4 Å². The monoisotopic (exact) mass is 512 g/mol. The smallest absolute Gasteiger partial charge is 0.324 e. The molecule has 9 nitrogen and oxygen atoms in total. The van der Waals surface area contributed by atoms with E-state index >= 15 is 0 Å². The van der Waals surface area contributed by atoms with Gasteiger partial charge in [0.15, 0.2) is 9.84 Å². The standard InChI is InChI=1S/C26H36N6O3S/c1-36(34,35)25(29)22-17-31(26(33)32(18-22)23-9-5-8-21(14-23)24(27)28)16-20-10-12-30(13-11-20)15-19-6-3-2-4-7-19/h2-9,14,20,22,25H,10-13,15-18,29H2,1H3,(H3,27,28). The molecule has 2 amide bonds. The van der Waals surface area contributed by atoms with Gasteiger partial charge in [0, 0.05) is 49.6 Å². The van der Waals surface area contributed by atoms with E-state index in [0.717, 1.165) is 38.7 Å². The fraction of sp³-hybridized carbons (Fsp3) is 0.462. The number of hydrogen-bond donors (Lipinski definition) is 3. The van der Waals surface area contributed by atoms with Crippen molar-refractivity contribution in [3.05, 3.63) is 65.7 Å². The van der Waals surface area contributed by atoms with Crippen LogP contribution in [0.3, 0.4) is 0 Å². The summed E-state index contributed by atoms with van der Waals surface area (Å²) >= 11 is 0. The predicted octanol–water partition coefficient (Wildman–Crippen LogP) is 2.07. The molecule has 4 rings (SSSR count). The van der Waals surface area contributed by atoms with Crippen LogP contribution in [-0.2, 0) is 16.4 Å². The Hall–Kier alpha value is -2.95. The molecule has 0 spiro atoms. The first-order valence-corrected chi connectivity index (χ1v) is 14.3. The molecular weight excluding hydrogens is 476 g/mol. The Morgan fingerprint density at radius 1 is 1.08 bits per heavy atom. The van der Waals surface area contributed by atoms with Gasteiger partial charge in [-0.15, -0.1) is 0 Å². The van der Waals surface area contributed by atoms with Gasteiger partial charge in [-0.3, -0.25) is 15.2 Å². The molecule has 0 aromatic heterocycles. The van der Waals surface area contributed by atoms with E-state index in [1.807, 2.05) is 6.07 Å². The van der Waals surface area contributed by atoms with Gasteiger partial charge in [0.2, 0.25) is 0 Å². The van der Waals surface area contributed by atoms with Crippen molar-refractivity contribution in [2.24, 2.45) is 23.3 Å². The third kappa shape index (κ3) is 6.24. The number of nitrogen functional groups attached to an aromatic ring is 1. The van der Waals surface area contributed by atoms with Crippen molar-refractivity contribution >= 4 is 27.4 Å². The lowest BCUT2D eigenvalue weighted by Crippen LogP contribution is -2.59. The van der Waals surface area contributed by atoms with Crippen LogP contribution in [0.25, 0.3) is 0 Å².